The van der Waals surface area contributed by atoms with Crippen LogP contribution >= 0.6 is 0 Å². The molecule has 128 valence electrons. The highest BCUT2D eigenvalue weighted by Crippen LogP contribution is 2.24. The lowest BCUT2D eigenvalue weighted by molar-refractivity contribution is -0.115. The van der Waals surface area contributed by atoms with Gasteiger partial charge in [0, 0.05) is 0 Å². The average Bonchev–Trinajstić information content (AvgIpc) is 2.54. The van der Waals surface area contributed by atoms with Crippen molar-refractivity contribution in [2.24, 2.45) is 0 Å². The Balaban J connectivity index is 2.03. The molecule has 2 rings (SSSR count). The van der Waals surface area contributed by atoms with Crippen molar-refractivity contribution < 1.29 is 22.3 Å². The molecule has 0 heterocycles. The number of aryl methyl sites for hydroxylation is 1. The molecule has 0 aliphatic carbocycles. The van der Waals surface area contributed by atoms with Gasteiger partial charge < -0.3 is 10.1 Å². The molecule has 0 atom stereocenters. The minimum atomic E-state index is -3.90. The maximum Gasteiger partial charge on any atom is 0.241 e. The van der Waals surface area contributed by atoms with Crippen LogP contribution in [0, 0.1) is 12.7 Å². The monoisotopic (exact) mass is 352 g/mol. The molecule has 8 heteroatoms. The molecule has 0 radical (unpaired) electrons. The highest BCUT2D eigenvalue weighted by Gasteiger charge is 2.16. The zero-order valence-corrected chi connectivity index (χ0v) is 14.0. The molecule has 2 aromatic carbocycles. The van der Waals surface area contributed by atoms with Gasteiger partial charge in [-0.25, -0.2) is 17.5 Å². The molecule has 1 amide bonds. The standard InChI is InChI=1S/C16H17FN2O4S/c1-11-3-8-15(23-2)14(9-11)19-16(20)10-18-24(21,22)13-6-4-12(17)5-7-13/h3-9,18H,10H2,1-2H3,(H,19,20). The van der Waals surface area contributed by atoms with Crippen LogP contribution in [-0.2, 0) is 14.8 Å². The Morgan fingerprint density at radius 2 is 1.83 bits per heavy atom. The van der Waals surface area contributed by atoms with E-state index < -0.39 is 28.3 Å². The number of benzene rings is 2. The highest BCUT2D eigenvalue weighted by molar-refractivity contribution is 7.89. The van der Waals surface area contributed by atoms with Gasteiger partial charge in [0.05, 0.1) is 24.2 Å². The first kappa shape index (κ1) is 17.9. The van der Waals surface area contributed by atoms with E-state index in [9.17, 15) is 17.6 Å². The minimum absolute atomic E-state index is 0.121. The van der Waals surface area contributed by atoms with E-state index in [1.54, 1.807) is 12.1 Å². The first-order chi connectivity index (χ1) is 11.3. The topological polar surface area (TPSA) is 84.5 Å². The molecule has 0 bridgehead atoms. The first-order valence-electron chi connectivity index (χ1n) is 7.01. The largest absolute Gasteiger partial charge is 0.495 e. The second-order valence-corrected chi connectivity index (χ2v) is 6.80. The van der Waals surface area contributed by atoms with E-state index in [0.717, 1.165) is 29.8 Å². The summed E-state index contributed by atoms with van der Waals surface area (Å²) in [5, 5.41) is 2.58. The molecule has 0 aliphatic heterocycles. The Labute approximate surface area is 139 Å². The minimum Gasteiger partial charge on any atom is -0.495 e. The molecule has 2 aromatic rings. The number of methoxy groups -OCH3 is 1. The van der Waals surface area contributed by atoms with E-state index >= 15 is 0 Å². The molecule has 0 saturated heterocycles. The van der Waals surface area contributed by atoms with Crippen LogP contribution in [0.4, 0.5) is 10.1 Å². The van der Waals surface area contributed by atoms with Crippen molar-refractivity contribution in [3.05, 3.63) is 53.8 Å². The number of anilines is 1. The molecule has 6 nitrogen and oxygen atoms in total. The smallest absolute Gasteiger partial charge is 0.241 e. The van der Waals surface area contributed by atoms with Crippen LogP contribution in [0.25, 0.3) is 0 Å². The van der Waals surface area contributed by atoms with Gasteiger partial charge in [-0.3, -0.25) is 4.79 Å². The van der Waals surface area contributed by atoms with Gasteiger partial charge in [0.2, 0.25) is 15.9 Å². The van der Waals surface area contributed by atoms with Crippen molar-refractivity contribution in [1.82, 2.24) is 4.72 Å². The number of ether oxygens (including phenoxy) is 1. The predicted octanol–water partition coefficient (Wildman–Crippen LogP) is 2.06. The number of nitrogens with one attached hydrogen (secondary N) is 2. The summed E-state index contributed by atoms with van der Waals surface area (Å²) in [7, 11) is -2.43. The quantitative estimate of drug-likeness (QED) is 0.833. The zero-order valence-electron chi connectivity index (χ0n) is 13.2. The molecular weight excluding hydrogens is 335 g/mol. The predicted molar refractivity (Wildman–Crippen MR) is 87.9 cm³/mol. The van der Waals surface area contributed by atoms with Crippen molar-refractivity contribution in [3.8, 4) is 5.75 Å². The van der Waals surface area contributed by atoms with E-state index in [1.165, 1.54) is 7.11 Å². The summed E-state index contributed by atoms with van der Waals surface area (Å²) in [6, 6.07) is 9.56. The van der Waals surface area contributed by atoms with Gasteiger partial charge in [0.15, 0.2) is 0 Å². The van der Waals surface area contributed by atoms with E-state index in [4.69, 9.17) is 4.74 Å². The number of hydrogen-bond donors (Lipinski definition) is 2. The van der Waals surface area contributed by atoms with Crippen LogP contribution in [0.15, 0.2) is 47.4 Å². The van der Waals surface area contributed by atoms with Crippen LogP contribution in [-0.4, -0.2) is 28.0 Å². The Hall–Kier alpha value is -2.45. The van der Waals surface area contributed by atoms with Gasteiger partial charge in [-0.15, -0.1) is 0 Å². The van der Waals surface area contributed by atoms with Crippen LogP contribution < -0.4 is 14.8 Å². The van der Waals surface area contributed by atoms with E-state index in [0.29, 0.717) is 11.4 Å². The maximum atomic E-state index is 12.8. The number of hydrogen-bond acceptors (Lipinski definition) is 4. The van der Waals surface area contributed by atoms with Gasteiger partial charge in [-0.1, -0.05) is 6.07 Å². The molecule has 0 saturated carbocycles. The van der Waals surface area contributed by atoms with Crippen LogP contribution in [0.1, 0.15) is 5.56 Å². The Morgan fingerprint density at radius 1 is 1.17 bits per heavy atom. The van der Waals surface area contributed by atoms with Crippen molar-refractivity contribution in [3.63, 3.8) is 0 Å². The summed E-state index contributed by atoms with van der Waals surface area (Å²) in [4.78, 5) is 11.8. The lowest BCUT2D eigenvalue weighted by Gasteiger charge is -2.11. The molecule has 0 aliphatic rings. The fourth-order valence-electron chi connectivity index (χ4n) is 1.97. The molecule has 24 heavy (non-hydrogen) atoms. The van der Waals surface area contributed by atoms with Crippen molar-refractivity contribution in [2.45, 2.75) is 11.8 Å². The summed E-state index contributed by atoms with van der Waals surface area (Å²) in [6.07, 6.45) is 0. The molecular formula is C16H17FN2O4S. The molecule has 0 unspecified atom stereocenters. The Morgan fingerprint density at radius 3 is 2.46 bits per heavy atom. The average molecular weight is 352 g/mol. The first-order valence-corrected chi connectivity index (χ1v) is 8.50. The number of amides is 1. The van der Waals surface area contributed by atoms with Crippen molar-refractivity contribution in [1.29, 1.82) is 0 Å². The zero-order chi connectivity index (χ0) is 17.7. The fraction of sp³-hybridized carbons (Fsp3) is 0.188. The molecule has 0 aromatic heterocycles. The number of halogens is 1. The van der Waals surface area contributed by atoms with Gasteiger partial charge >= 0.3 is 0 Å². The summed E-state index contributed by atoms with van der Waals surface area (Å²) < 4.78 is 44.2. The van der Waals surface area contributed by atoms with Crippen LogP contribution in [0.3, 0.4) is 0 Å². The van der Waals surface area contributed by atoms with Crippen LogP contribution in [0.2, 0.25) is 0 Å². The number of carbonyl (C=O) groups excluding carboxylic acids is 1. The Kier molecular flexibility index (Phi) is 5.53. The lowest BCUT2D eigenvalue weighted by atomic mass is 10.2. The number of carbonyl (C=O) groups is 1. The van der Waals surface area contributed by atoms with Gasteiger partial charge in [0.1, 0.15) is 11.6 Å². The van der Waals surface area contributed by atoms with Gasteiger partial charge in [-0.2, -0.15) is 0 Å². The maximum absolute atomic E-state index is 12.8. The van der Waals surface area contributed by atoms with E-state index in [-0.39, 0.29) is 4.90 Å². The van der Waals surface area contributed by atoms with E-state index in [2.05, 4.69) is 10.0 Å². The summed E-state index contributed by atoms with van der Waals surface area (Å²) in [5.74, 6) is -0.627. The Bertz CT molecular complexity index is 836. The third-order valence-electron chi connectivity index (χ3n) is 3.18. The number of sulfonamides is 1. The summed E-state index contributed by atoms with van der Waals surface area (Å²) in [5.41, 5.74) is 1.36. The molecule has 2 N–H and O–H groups in total. The second kappa shape index (κ2) is 7.41. The lowest BCUT2D eigenvalue weighted by Crippen LogP contribution is -2.33. The van der Waals surface area contributed by atoms with Gasteiger partial charge in [0.25, 0.3) is 0 Å². The summed E-state index contributed by atoms with van der Waals surface area (Å²) >= 11 is 0. The van der Waals surface area contributed by atoms with Crippen LogP contribution in [0.5, 0.6) is 5.75 Å². The van der Waals surface area contributed by atoms with Crippen molar-refractivity contribution >= 4 is 21.6 Å². The normalized spacial score (nSPS) is 11.1. The van der Waals surface area contributed by atoms with Gasteiger partial charge in [-0.05, 0) is 48.9 Å². The number of rotatable bonds is 6. The highest BCUT2D eigenvalue weighted by atomic mass is 32.2. The van der Waals surface area contributed by atoms with Crippen molar-refractivity contribution in [2.75, 3.05) is 19.0 Å². The molecule has 0 fully saturated rings. The summed E-state index contributed by atoms with van der Waals surface area (Å²) in [6.45, 7) is 1.39. The van der Waals surface area contributed by atoms with E-state index in [1.807, 2.05) is 13.0 Å². The third-order valence-corrected chi connectivity index (χ3v) is 4.59. The fourth-order valence-corrected chi connectivity index (χ4v) is 2.95. The SMILES string of the molecule is COc1ccc(C)cc1NC(=O)CNS(=O)(=O)c1ccc(F)cc1. The second-order valence-electron chi connectivity index (χ2n) is 5.03. The third kappa shape index (κ3) is 4.53. The molecule has 0 spiro atoms.